The van der Waals surface area contributed by atoms with Crippen LogP contribution in [0.2, 0.25) is 0 Å². The molecule has 2 fully saturated rings. The zero-order valence-electron chi connectivity index (χ0n) is 18.7. The fraction of sp³-hybridized carbons (Fsp3) is 0.522. The van der Waals surface area contributed by atoms with Crippen LogP contribution in [0.4, 0.5) is 22.0 Å². The van der Waals surface area contributed by atoms with Crippen LogP contribution in [-0.4, -0.2) is 54.5 Å². The lowest BCUT2D eigenvalue weighted by atomic mass is 9.92. The first kappa shape index (κ1) is 22.7. The van der Waals surface area contributed by atoms with Crippen molar-refractivity contribution in [2.75, 3.05) is 54.5 Å². The minimum Gasteiger partial charge on any atom is -0.378 e. The molecule has 3 heterocycles. The Balaban J connectivity index is 1.50. The zero-order valence-corrected chi connectivity index (χ0v) is 19.5. The van der Waals surface area contributed by atoms with E-state index in [0.717, 1.165) is 43.4 Å². The summed E-state index contributed by atoms with van der Waals surface area (Å²) in [5.41, 5.74) is 0.940. The number of nitrogens with one attached hydrogen (secondary N) is 2. The summed E-state index contributed by atoms with van der Waals surface area (Å²) in [5.74, 6) is 3.27. The Bertz CT molecular complexity index is 911. The Hall–Kier alpha value is -2.52. The number of aromatic nitrogens is 2. The topological polar surface area (TPSA) is 65.6 Å². The van der Waals surface area contributed by atoms with Gasteiger partial charge in [-0.15, -0.1) is 0 Å². The van der Waals surface area contributed by atoms with E-state index < -0.39 is 0 Å². The van der Waals surface area contributed by atoms with E-state index in [2.05, 4.69) is 40.3 Å². The molecule has 2 saturated heterocycles. The average molecular weight is 459 g/mol. The maximum atomic E-state index is 13.1. The summed E-state index contributed by atoms with van der Waals surface area (Å²) in [6.07, 6.45) is 1.24. The summed E-state index contributed by atoms with van der Waals surface area (Å²) in [4.78, 5) is 14.1. The predicted octanol–water partition coefficient (Wildman–Crippen LogP) is 3.42. The lowest BCUT2D eigenvalue weighted by molar-refractivity contribution is 0.122. The van der Waals surface area contributed by atoms with Crippen molar-refractivity contribution in [3.8, 4) is 0 Å². The smallest absolute Gasteiger partial charge is 0.232 e. The maximum Gasteiger partial charge on any atom is 0.232 e. The number of nitrogens with zero attached hydrogens (tertiary/aromatic N) is 4. The van der Waals surface area contributed by atoms with Gasteiger partial charge in [0, 0.05) is 38.8 Å². The number of halogens is 1. The van der Waals surface area contributed by atoms with Gasteiger partial charge in [-0.25, -0.2) is 4.39 Å². The van der Waals surface area contributed by atoms with E-state index in [1.807, 2.05) is 0 Å². The predicted molar refractivity (Wildman–Crippen MR) is 130 cm³/mol. The summed E-state index contributed by atoms with van der Waals surface area (Å²) in [5, 5.41) is 6.72. The first-order valence-corrected chi connectivity index (χ1v) is 11.6. The molecule has 0 spiro atoms. The van der Waals surface area contributed by atoms with Crippen molar-refractivity contribution in [1.82, 2.24) is 15.3 Å². The Labute approximate surface area is 194 Å². The molecular formula is C23H31FN6OS. The van der Waals surface area contributed by atoms with Gasteiger partial charge in [-0.2, -0.15) is 9.97 Å². The van der Waals surface area contributed by atoms with Gasteiger partial charge in [0.1, 0.15) is 17.5 Å². The lowest BCUT2D eigenvalue weighted by Gasteiger charge is -2.36. The molecule has 0 radical (unpaired) electrons. The van der Waals surface area contributed by atoms with Crippen molar-refractivity contribution in [1.29, 1.82) is 0 Å². The molecule has 7 nitrogen and oxygen atoms in total. The average Bonchev–Trinajstić information content (AvgIpc) is 2.78. The summed E-state index contributed by atoms with van der Waals surface area (Å²) < 4.78 is 18.6. The van der Waals surface area contributed by atoms with Crippen molar-refractivity contribution in [3.63, 3.8) is 0 Å². The number of morpholine rings is 1. The highest BCUT2D eigenvalue weighted by Crippen LogP contribution is 2.28. The van der Waals surface area contributed by atoms with Gasteiger partial charge in [-0.05, 0) is 48.2 Å². The summed E-state index contributed by atoms with van der Waals surface area (Å²) in [6.45, 7) is 10.0. The van der Waals surface area contributed by atoms with Crippen molar-refractivity contribution in [2.24, 2.45) is 11.8 Å². The summed E-state index contributed by atoms with van der Waals surface area (Å²) >= 11 is 5.47. The van der Waals surface area contributed by atoms with Crippen LogP contribution in [0.1, 0.15) is 25.8 Å². The van der Waals surface area contributed by atoms with E-state index in [-0.39, 0.29) is 5.82 Å². The van der Waals surface area contributed by atoms with E-state index in [1.165, 1.54) is 18.6 Å². The molecule has 2 aliphatic rings. The Kier molecular flexibility index (Phi) is 7.36. The highest BCUT2D eigenvalue weighted by atomic mass is 32.1. The lowest BCUT2D eigenvalue weighted by Crippen LogP contribution is -2.40. The van der Waals surface area contributed by atoms with Crippen LogP contribution in [0.5, 0.6) is 0 Å². The van der Waals surface area contributed by atoms with Crippen molar-refractivity contribution >= 4 is 34.9 Å². The molecular weight excluding hydrogens is 427 g/mol. The molecule has 0 bridgehead atoms. The molecule has 0 unspecified atom stereocenters. The zero-order chi connectivity index (χ0) is 22.5. The third-order valence-electron chi connectivity index (χ3n) is 5.82. The van der Waals surface area contributed by atoms with Crippen LogP contribution in [-0.2, 0) is 11.3 Å². The molecule has 1 aromatic heterocycles. The molecule has 1 aromatic carbocycles. The van der Waals surface area contributed by atoms with Gasteiger partial charge in [0.25, 0.3) is 0 Å². The molecule has 4 rings (SSSR count). The van der Waals surface area contributed by atoms with E-state index in [4.69, 9.17) is 26.9 Å². The number of hydrogen-bond acceptors (Lipinski definition) is 6. The minimum atomic E-state index is -0.253. The molecule has 2 atom stereocenters. The van der Waals surface area contributed by atoms with Crippen LogP contribution in [0.3, 0.4) is 0 Å². The third-order valence-corrected chi connectivity index (χ3v) is 6.07. The van der Waals surface area contributed by atoms with Gasteiger partial charge in [0.2, 0.25) is 5.95 Å². The highest BCUT2D eigenvalue weighted by Gasteiger charge is 2.25. The Morgan fingerprint density at radius 2 is 1.69 bits per heavy atom. The van der Waals surface area contributed by atoms with E-state index in [1.54, 1.807) is 12.1 Å². The Morgan fingerprint density at radius 3 is 2.34 bits per heavy atom. The van der Waals surface area contributed by atoms with Crippen LogP contribution < -0.4 is 20.4 Å². The third kappa shape index (κ3) is 6.04. The standard InChI is InChI=1S/C23H31FN6OS/c1-16-11-17(2)15-30(14-16)21-12-20(29-7-9-31-10-8-29)26-22(27-21)28-23(32)25-13-18-3-5-19(24)6-4-18/h3-6,12,16-17H,7-11,13-15H2,1-2H3,(H2,25,26,27,28,32)/t16-,17-/m1/s1. The molecule has 172 valence electrons. The number of benzene rings is 1. The molecule has 0 amide bonds. The number of piperidine rings is 1. The fourth-order valence-corrected chi connectivity index (χ4v) is 4.54. The number of ether oxygens (including phenoxy) is 1. The van der Waals surface area contributed by atoms with Crippen LogP contribution >= 0.6 is 12.2 Å². The van der Waals surface area contributed by atoms with Crippen LogP contribution in [0.25, 0.3) is 0 Å². The van der Waals surface area contributed by atoms with Gasteiger partial charge < -0.3 is 25.2 Å². The molecule has 0 saturated carbocycles. The van der Waals surface area contributed by atoms with Gasteiger partial charge in [0.05, 0.1) is 13.2 Å². The number of rotatable bonds is 5. The number of thiocarbonyl (C=S) groups is 1. The van der Waals surface area contributed by atoms with E-state index in [9.17, 15) is 4.39 Å². The molecule has 2 aromatic rings. The first-order valence-electron chi connectivity index (χ1n) is 11.2. The Morgan fingerprint density at radius 1 is 1.06 bits per heavy atom. The SMILES string of the molecule is C[C@@H]1C[C@@H](C)CN(c2cc(N3CCOCC3)nc(NC(=S)NCc3ccc(F)cc3)n2)C1. The van der Waals surface area contributed by atoms with Crippen LogP contribution in [0, 0.1) is 17.7 Å². The van der Waals surface area contributed by atoms with Gasteiger partial charge >= 0.3 is 0 Å². The van der Waals surface area contributed by atoms with Crippen molar-refractivity contribution in [3.05, 3.63) is 41.7 Å². The second kappa shape index (κ2) is 10.4. The maximum absolute atomic E-state index is 13.1. The molecule has 32 heavy (non-hydrogen) atoms. The van der Waals surface area contributed by atoms with Gasteiger partial charge in [-0.3, -0.25) is 0 Å². The normalized spacial score (nSPS) is 21.3. The quantitative estimate of drug-likeness (QED) is 0.661. The van der Waals surface area contributed by atoms with Gasteiger partial charge in [0.15, 0.2) is 5.11 Å². The minimum absolute atomic E-state index is 0.253. The van der Waals surface area contributed by atoms with E-state index in [0.29, 0.717) is 42.7 Å². The summed E-state index contributed by atoms with van der Waals surface area (Å²) in [6, 6.07) is 8.43. The second-order valence-electron chi connectivity index (χ2n) is 8.79. The molecule has 2 aliphatic heterocycles. The van der Waals surface area contributed by atoms with Crippen molar-refractivity contribution in [2.45, 2.75) is 26.8 Å². The molecule has 0 aliphatic carbocycles. The number of anilines is 3. The largest absolute Gasteiger partial charge is 0.378 e. The van der Waals surface area contributed by atoms with Crippen molar-refractivity contribution < 1.29 is 9.13 Å². The fourth-order valence-electron chi connectivity index (χ4n) is 4.37. The highest BCUT2D eigenvalue weighted by molar-refractivity contribution is 7.80. The van der Waals surface area contributed by atoms with E-state index >= 15 is 0 Å². The molecule has 9 heteroatoms. The second-order valence-corrected chi connectivity index (χ2v) is 9.20. The number of hydrogen-bond donors (Lipinski definition) is 2. The monoisotopic (exact) mass is 458 g/mol. The van der Waals surface area contributed by atoms with Gasteiger partial charge in [-0.1, -0.05) is 26.0 Å². The summed E-state index contributed by atoms with van der Waals surface area (Å²) in [7, 11) is 0. The van der Waals surface area contributed by atoms with Crippen LogP contribution in [0.15, 0.2) is 30.3 Å². The first-order chi connectivity index (χ1) is 15.5. The molecule has 2 N–H and O–H groups in total.